The van der Waals surface area contributed by atoms with Crippen LogP contribution in [-0.2, 0) is 4.79 Å². The summed E-state index contributed by atoms with van der Waals surface area (Å²) in [6.07, 6.45) is 0.659. The minimum absolute atomic E-state index is 0.00583. The van der Waals surface area contributed by atoms with E-state index in [1.54, 1.807) is 0 Å². The highest BCUT2D eigenvalue weighted by molar-refractivity contribution is 5.81. The lowest BCUT2D eigenvalue weighted by atomic mass is 10.0. The molecular weight excluding hydrogens is 200 g/mol. The second-order valence-electron chi connectivity index (χ2n) is 4.10. The zero-order valence-corrected chi connectivity index (χ0v) is 10.2. The molecule has 1 rings (SSSR count). The van der Waals surface area contributed by atoms with Crippen molar-refractivity contribution < 1.29 is 4.79 Å². The van der Waals surface area contributed by atoms with Crippen LogP contribution in [0.2, 0.25) is 0 Å². The minimum Gasteiger partial charge on any atom is -0.348 e. The normalized spacial score (nSPS) is 14.2. The largest absolute Gasteiger partial charge is 0.348 e. The third-order valence-electron chi connectivity index (χ3n) is 2.79. The Morgan fingerprint density at radius 2 is 2.06 bits per heavy atom. The standard InChI is InChI=1S/C13H20N2O/c1-4-12(14)13(16)15-10(3)11-8-6-5-7-9(11)2/h5-8,10,12H,4,14H2,1-3H3,(H,15,16)/t10?,12-/m0/s1. The number of nitrogens with two attached hydrogens (primary N) is 1. The van der Waals surface area contributed by atoms with Gasteiger partial charge in [-0.2, -0.15) is 0 Å². The lowest BCUT2D eigenvalue weighted by Crippen LogP contribution is -2.41. The first kappa shape index (κ1) is 12.7. The Balaban J connectivity index is 2.69. The number of amides is 1. The van der Waals surface area contributed by atoms with Gasteiger partial charge in [0.15, 0.2) is 0 Å². The maximum Gasteiger partial charge on any atom is 0.237 e. The molecule has 88 valence electrons. The first-order valence-corrected chi connectivity index (χ1v) is 5.67. The van der Waals surface area contributed by atoms with E-state index in [1.807, 2.05) is 45.0 Å². The van der Waals surface area contributed by atoms with Gasteiger partial charge in [0, 0.05) is 0 Å². The fraction of sp³-hybridized carbons (Fsp3) is 0.462. The second kappa shape index (κ2) is 5.66. The zero-order chi connectivity index (χ0) is 12.1. The van der Waals surface area contributed by atoms with Crippen molar-refractivity contribution in [2.24, 2.45) is 5.73 Å². The molecule has 0 aliphatic carbocycles. The smallest absolute Gasteiger partial charge is 0.237 e. The fourth-order valence-electron chi connectivity index (χ4n) is 1.66. The van der Waals surface area contributed by atoms with Gasteiger partial charge in [0.2, 0.25) is 5.91 Å². The molecule has 3 N–H and O–H groups in total. The molecular formula is C13H20N2O. The molecule has 0 heterocycles. The van der Waals surface area contributed by atoms with Crippen LogP contribution >= 0.6 is 0 Å². The van der Waals surface area contributed by atoms with Crippen LogP contribution in [0.5, 0.6) is 0 Å². The zero-order valence-electron chi connectivity index (χ0n) is 10.2. The maximum atomic E-state index is 11.6. The summed E-state index contributed by atoms with van der Waals surface area (Å²) in [6, 6.07) is 7.63. The van der Waals surface area contributed by atoms with Crippen molar-refractivity contribution in [3.05, 3.63) is 35.4 Å². The van der Waals surface area contributed by atoms with E-state index in [0.29, 0.717) is 6.42 Å². The van der Waals surface area contributed by atoms with Gasteiger partial charge in [0.25, 0.3) is 0 Å². The highest BCUT2D eigenvalue weighted by Gasteiger charge is 2.15. The minimum atomic E-state index is -0.411. The number of hydrogen-bond donors (Lipinski definition) is 2. The number of hydrogen-bond acceptors (Lipinski definition) is 2. The molecule has 0 aliphatic heterocycles. The number of nitrogens with one attached hydrogen (secondary N) is 1. The molecule has 0 spiro atoms. The molecule has 2 atom stereocenters. The SMILES string of the molecule is CC[C@H](N)C(=O)NC(C)c1ccccc1C. The monoisotopic (exact) mass is 220 g/mol. The second-order valence-corrected chi connectivity index (χ2v) is 4.10. The lowest BCUT2D eigenvalue weighted by Gasteiger charge is -2.18. The Morgan fingerprint density at radius 3 is 2.62 bits per heavy atom. The molecule has 0 aromatic heterocycles. The molecule has 0 saturated carbocycles. The van der Waals surface area contributed by atoms with Crippen LogP contribution in [0.3, 0.4) is 0 Å². The van der Waals surface area contributed by atoms with E-state index < -0.39 is 6.04 Å². The molecule has 1 amide bonds. The summed E-state index contributed by atoms with van der Waals surface area (Å²) in [4.78, 5) is 11.6. The molecule has 3 nitrogen and oxygen atoms in total. The highest BCUT2D eigenvalue weighted by Crippen LogP contribution is 2.16. The third kappa shape index (κ3) is 3.07. The first-order chi connectivity index (χ1) is 7.56. The fourth-order valence-corrected chi connectivity index (χ4v) is 1.66. The molecule has 3 heteroatoms. The molecule has 0 bridgehead atoms. The van der Waals surface area contributed by atoms with E-state index in [-0.39, 0.29) is 11.9 Å². The summed E-state index contributed by atoms with van der Waals surface area (Å²) < 4.78 is 0. The van der Waals surface area contributed by atoms with Gasteiger partial charge >= 0.3 is 0 Å². The molecule has 1 aromatic rings. The van der Waals surface area contributed by atoms with Crippen LogP contribution in [0.15, 0.2) is 24.3 Å². The predicted molar refractivity (Wildman–Crippen MR) is 66.0 cm³/mol. The summed E-state index contributed by atoms with van der Waals surface area (Å²) in [6.45, 7) is 5.92. The van der Waals surface area contributed by atoms with Crippen molar-refractivity contribution in [2.75, 3.05) is 0 Å². The van der Waals surface area contributed by atoms with E-state index in [2.05, 4.69) is 5.32 Å². The molecule has 0 saturated heterocycles. The van der Waals surface area contributed by atoms with Gasteiger partial charge in [-0.15, -0.1) is 0 Å². The molecule has 16 heavy (non-hydrogen) atoms. The Bertz CT molecular complexity index is 363. The third-order valence-corrected chi connectivity index (χ3v) is 2.79. The van der Waals surface area contributed by atoms with E-state index >= 15 is 0 Å². The highest BCUT2D eigenvalue weighted by atomic mass is 16.2. The van der Waals surface area contributed by atoms with Crippen LogP contribution in [0.25, 0.3) is 0 Å². The van der Waals surface area contributed by atoms with Gasteiger partial charge in [-0.1, -0.05) is 31.2 Å². The lowest BCUT2D eigenvalue weighted by molar-refractivity contribution is -0.123. The number of rotatable bonds is 4. The summed E-state index contributed by atoms with van der Waals surface area (Å²) in [5.74, 6) is -0.0850. The van der Waals surface area contributed by atoms with E-state index in [4.69, 9.17) is 5.73 Å². The molecule has 1 unspecified atom stereocenters. The van der Waals surface area contributed by atoms with Gasteiger partial charge in [-0.05, 0) is 31.4 Å². The first-order valence-electron chi connectivity index (χ1n) is 5.67. The van der Waals surface area contributed by atoms with E-state index in [9.17, 15) is 4.79 Å². The number of carbonyl (C=O) groups is 1. The van der Waals surface area contributed by atoms with Crippen molar-refractivity contribution in [3.8, 4) is 0 Å². The average molecular weight is 220 g/mol. The van der Waals surface area contributed by atoms with Gasteiger partial charge in [-0.25, -0.2) is 0 Å². The topological polar surface area (TPSA) is 55.1 Å². The number of benzene rings is 1. The van der Waals surface area contributed by atoms with Crippen LogP contribution in [-0.4, -0.2) is 11.9 Å². The Morgan fingerprint density at radius 1 is 1.44 bits per heavy atom. The summed E-state index contributed by atoms with van der Waals surface area (Å²) in [5.41, 5.74) is 7.99. The molecule has 0 fully saturated rings. The average Bonchev–Trinajstić information content (AvgIpc) is 2.28. The number of carbonyl (C=O) groups excluding carboxylic acids is 1. The maximum absolute atomic E-state index is 11.6. The van der Waals surface area contributed by atoms with Crippen molar-refractivity contribution >= 4 is 5.91 Å². The Hall–Kier alpha value is -1.35. The van der Waals surface area contributed by atoms with Gasteiger partial charge < -0.3 is 11.1 Å². The van der Waals surface area contributed by atoms with Crippen molar-refractivity contribution in [2.45, 2.75) is 39.3 Å². The summed E-state index contributed by atoms with van der Waals surface area (Å²) in [7, 11) is 0. The van der Waals surface area contributed by atoms with Crippen LogP contribution in [0.4, 0.5) is 0 Å². The predicted octanol–water partition coefficient (Wildman–Crippen LogP) is 1.91. The Kier molecular flexibility index (Phi) is 4.50. The van der Waals surface area contributed by atoms with Crippen molar-refractivity contribution in [1.82, 2.24) is 5.32 Å². The van der Waals surface area contributed by atoms with Crippen LogP contribution in [0, 0.1) is 6.92 Å². The van der Waals surface area contributed by atoms with Crippen LogP contribution in [0.1, 0.15) is 37.4 Å². The quantitative estimate of drug-likeness (QED) is 0.814. The van der Waals surface area contributed by atoms with Gasteiger partial charge in [-0.3, -0.25) is 4.79 Å². The van der Waals surface area contributed by atoms with Crippen molar-refractivity contribution in [3.63, 3.8) is 0 Å². The molecule has 0 radical (unpaired) electrons. The number of aryl methyl sites for hydroxylation is 1. The van der Waals surface area contributed by atoms with Crippen molar-refractivity contribution in [1.29, 1.82) is 0 Å². The summed E-state index contributed by atoms with van der Waals surface area (Å²) in [5, 5.41) is 2.92. The van der Waals surface area contributed by atoms with E-state index in [0.717, 1.165) is 5.56 Å². The Labute approximate surface area is 97.0 Å². The summed E-state index contributed by atoms with van der Waals surface area (Å²) >= 11 is 0. The van der Waals surface area contributed by atoms with E-state index in [1.165, 1.54) is 5.56 Å². The molecule has 1 aromatic carbocycles. The van der Waals surface area contributed by atoms with Gasteiger partial charge in [0.1, 0.15) is 0 Å². The van der Waals surface area contributed by atoms with Crippen LogP contribution < -0.4 is 11.1 Å². The molecule has 0 aliphatic rings. The van der Waals surface area contributed by atoms with Gasteiger partial charge in [0.05, 0.1) is 12.1 Å².